The van der Waals surface area contributed by atoms with E-state index in [1.807, 2.05) is 12.1 Å². The van der Waals surface area contributed by atoms with Crippen LogP contribution in [0.15, 0.2) is 24.3 Å². The molecule has 1 aromatic carbocycles. The fourth-order valence-electron chi connectivity index (χ4n) is 2.67. The van der Waals surface area contributed by atoms with E-state index in [-0.39, 0.29) is 0 Å². The van der Waals surface area contributed by atoms with Gasteiger partial charge in [-0.15, -0.1) is 0 Å². The number of hydrogen-bond acceptors (Lipinski definition) is 2. The van der Waals surface area contributed by atoms with Crippen molar-refractivity contribution in [3.63, 3.8) is 0 Å². The summed E-state index contributed by atoms with van der Waals surface area (Å²) < 4.78 is 0. The van der Waals surface area contributed by atoms with Crippen molar-refractivity contribution in [1.29, 1.82) is 0 Å². The maximum absolute atomic E-state index is 10.6. The van der Waals surface area contributed by atoms with E-state index in [9.17, 15) is 4.79 Å². The molecule has 0 spiro atoms. The lowest BCUT2D eigenvalue weighted by molar-refractivity contribution is 0.112. The van der Waals surface area contributed by atoms with Gasteiger partial charge in [-0.1, -0.05) is 37.6 Å². The predicted molar refractivity (Wildman–Crippen MR) is 70.2 cm³/mol. The van der Waals surface area contributed by atoms with Gasteiger partial charge in [-0.2, -0.15) is 0 Å². The molecule has 1 aromatic rings. The summed E-state index contributed by atoms with van der Waals surface area (Å²) in [5.41, 5.74) is 2.08. The van der Waals surface area contributed by atoms with Crippen molar-refractivity contribution in [3.05, 3.63) is 35.4 Å². The Labute approximate surface area is 104 Å². The molecule has 1 aliphatic rings. The number of nitrogens with zero attached hydrogens (tertiary/aromatic N) is 1. The highest BCUT2D eigenvalue weighted by atomic mass is 16.1. The third kappa shape index (κ3) is 3.16. The Morgan fingerprint density at radius 1 is 1.29 bits per heavy atom. The Balaban J connectivity index is 2.00. The van der Waals surface area contributed by atoms with Gasteiger partial charge in [-0.25, -0.2) is 0 Å². The molecule has 1 heterocycles. The number of aldehydes is 1. The van der Waals surface area contributed by atoms with Gasteiger partial charge < -0.3 is 0 Å². The van der Waals surface area contributed by atoms with Crippen molar-refractivity contribution >= 4 is 6.29 Å². The summed E-state index contributed by atoms with van der Waals surface area (Å²) in [5.74, 6) is 0. The third-order valence-electron chi connectivity index (χ3n) is 3.72. The van der Waals surface area contributed by atoms with Gasteiger partial charge in [0.15, 0.2) is 0 Å². The predicted octanol–water partition coefficient (Wildman–Crippen LogP) is 3.26. The molecule has 17 heavy (non-hydrogen) atoms. The van der Waals surface area contributed by atoms with Crippen LogP contribution in [-0.2, 0) is 6.54 Å². The first-order chi connectivity index (χ1) is 8.33. The van der Waals surface area contributed by atoms with Crippen molar-refractivity contribution in [3.8, 4) is 0 Å². The van der Waals surface area contributed by atoms with Gasteiger partial charge in [0.1, 0.15) is 6.29 Å². The quantitative estimate of drug-likeness (QED) is 0.741. The molecular weight excluding hydrogens is 210 g/mol. The summed E-state index contributed by atoms with van der Waals surface area (Å²) in [6.45, 7) is 4.52. The average molecular weight is 231 g/mol. The van der Waals surface area contributed by atoms with E-state index in [4.69, 9.17) is 0 Å². The van der Waals surface area contributed by atoms with Gasteiger partial charge in [0.05, 0.1) is 0 Å². The number of likely N-dealkylation sites (tertiary alicyclic amines) is 1. The molecule has 2 heteroatoms. The highest BCUT2D eigenvalue weighted by Gasteiger charge is 2.20. The first-order valence-corrected chi connectivity index (χ1v) is 6.61. The van der Waals surface area contributed by atoms with E-state index in [1.54, 1.807) is 0 Å². The standard InChI is InChI=1S/C15H21NO/c1-2-15-5-3-4-10-16(15)11-13-6-8-14(12-17)9-7-13/h6-9,12,15H,2-5,10-11H2,1H3. The molecule has 2 nitrogen and oxygen atoms in total. The smallest absolute Gasteiger partial charge is 0.150 e. The SMILES string of the molecule is CCC1CCCCN1Cc1ccc(C=O)cc1. The molecule has 0 N–H and O–H groups in total. The largest absolute Gasteiger partial charge is 0.298 e. The molecule has 1 unspecified atom stereocenters. The monoisotopic (exact) mass is 231 g/mol. The molecule has 1 aliphatic heterocycles. The van der Waals surface area contributed by atoms with Crippen LogP contribution in [0.1, 0.15) is 48.5 Å². The molecule has 1 fully saturated rings. The van der Waals surface area contributed by atoms with Crippen LogP contribution in [-0.4, -0.2) is 23.8 Å². The van der Waals surface area contributed by atoms with Crippen LogP contribution in [0.25, 0.3) is 0 Å². The first-order valence-electron chi connectivity index (χ1n) is 6.61. The molecule has 1 saturated heterocycles. The minimum absolute atomic E-state index is 0.745. The number of hydrogen-bond donors (Lipinski definition) is 0. The minimum atomic E-state index is 0.745. The molecular formula is C15H21NO. The molecule has 0 amide bonds. The maximum Gasteiger partial charge on any atom is 0.150 e. The number of piperidine rings is 1. The number of carbonyl (C=O) groups is 1. The van der Waals surface area contributed by atoms with E-state index in [0.717, 1.165) is 24.4 Å². The Bertz CT molecular complexity index is 358. The lowest BCUT2D eigenvalue weighted by atomic mass is 9.99. The second-order valence-corrected chi connectivity index (χ2v) is 4.89. The minimum Gasteiger partial charge on any atom is -0.298 e. The van der Waals surface area contributed by atoms with Crippen LogP contribution in [0.2, 0.25) is 0 Å². The van der Waals surface area contributed by atoms with Gasteiger partial charge in [0.25, 0.3) is 0 Å². The normalized spacial score (nSPS) is 21.4. The van der Waals surface area contributed by atoms with Crippen LogP contribution in [0.4, 0.5) is 0 Å². The molecule has 1 atom stereocenters. The number of carbonyl (C=O) groups excluding carboxylic acids is 1. The summed E-state index contributed by atoms with van der Waals surface area (Å²) >= 11 is 0. The lowest BCUT2D eigenvalue weighted by Gasteiger charge is -2.35. The van der Waals surface area contributed by atoms with Gasteiger partial charge >= 0.3 is 0 Å². The van der Waals surface area contributed by atoms with Crippen LogP contribution >= 0.6 is 0 Å². The summed E-state index contributed by atoms with van der Waals surface area (Å²) in [5, 5.41) is 0. The van der Waals surface area contributed by atoms with Crippen LogP contribution < -0.4 is 0 Å². The van der Waals surface area contributed by atoms with Gasteiger partial charge in [0, 0.05) is 18.2 Å². The van der Waals surface area contributed by atoms with Crippen molar-refractivity contribution in [2.75, 3.05) is 6.54 Å². The summed E-state index contributed by atoms with van der Waals surface area (Å²) in [7, 11) is 0. The van der Waals surface area contributed by atoms with E-state index in [2.05, 4.69) is 24.0 Å². The van der Waals surface area contributed by atoms with Crippen molar-refractivity contribution in [2.45, 2.75) is 45.2 Å². The highest BCUT2D eigenvalue weighted by molar-refractivity contribution is 5.74. The van der Waals surface area contributed by atoms with Gasteiger partial charge in [-0.05, 0) is 31.4 Å². The van der Waals surface area contributed by atoms with Crippen LogP contribution in [0.3, 0.4) is 0 Å². The van der Waals surface area contributed by atoms with E-state index < -0.39 is 0 Å². The topological polar surface area (TPSA) is 20.3 Å². The molecule has 2 rings (SSSR count). The maximum atomic E-state index is 10.6. The summed E-state index contributed by atoms with van der Waals surface area (Å²) in [6.07, 6.45) is 6.18. The molecule has 0 aliphatic carbocycles. The second kappa shape index (κ2) is 5.97. The summed E-state index contributed by atoms with van der Waals surface area (Å²) in [6, 6.07) is 8.71. The molecule has 92 valence electrons. The van der Waals surface area contributed by atoms with Gasteiger partial charge in [0.2, 0.25) is 0 Å². The molecule has 0 bridgehead atoms. The average Bonchev–Trinajstić information content (AvgIpc) is 2.40. The third-order valence-corrected chi connectivity index (χ3v) is 3.72. The van der Waals surface area contributed by atoms with E-state index in [0.29, 0.717) is 0 Å². The van der Waals surface area contributed by atoms with E-state index >= 15 is 0 Å². The number of rotatable bonds is 4. The fraction of sp³-hybridized carbons (Fsp3) is 0.533. The first kappa shape index (κ1) is 12.3. The lowest BCUT2D eigenvalue weighted by Crippen LogP contribution is -2.38. The Morgan fingerprint density at radius 3 is 2.71 bits per heavy atom. The summed E-state index contributed by atoms with van der Waals surface area (Å²) in [4.78, 5) is 13.2. The fourth-order valence-corrected chi connectivity index (χ4v) is 2.67. The zero-order valence-corrected chi connectivity index (χ0v) is 10.6. The van der Waals surface area contributed by atoms with Crippen molar-refractivity contribution in [1.82, 2.24) is 4.90 Å². The Kier molecular flexibility index (Phi) is 4.32. The Morgan fingerprint density at radius 2 is 2.06 bits per heavy atom. The van der Waals surface area contributed by atoms with Crippen LogP contribution in [0.5, 0.6) is 0 Å². The zero-order chi connectivity index (χ0) is 12.1. The highest BCUT2D eigenvalue weighted by Crippen LogP contribution is 2.21. The van der Waals surface area contributed by atoms with Crippen molar-refractivity contribution < 1.29 is 4.79 Å². The molecule has 0 radical (unpaired) electrons. The van der Waals surface area contributed by atoms with Crippen LogP contribution in [0, 0.1) is 0 Å². The molecule has 0 saturated carbocycles. The van der Waals surface area contributed by atoms with E-state index in [1.165, 1.54) is 37.8 Å². The second-order valence-electron chi connectivity index (χ2n) is 4.89. The molecule has 0 aromatic heterocycles. The zero-order valence-electron chi connectivity index (χ0n) is 10.6. The van der Waals surface area contributed by atoms with Crippen molar-refractivity contribution in [2.24, 2.45) is 0 Å². The van der Waals surface area contributed by atoms with Gasteiger partial charge in [-0.3, -0.25) is 9.69 Å². The number of benzene rings is 1. The Hall–Kier alpha value is -1.15.